The Morgan fingerprint density at radius 1 is 1.29 bits per heavy atom. The predicted molar refractivity (Wildman–Crippen MR) is 81.1 cm³/mol. The Morgan fingerprint density at radius 2 is 1.90 bits per heavy atom. The Hall–Kier alpha value is -1.40. The molecule has 0 aliphatic heterocycles. The summed E-state index contributed by atoms with van der Waals surface area (Å²) in [5.74, 6) is 0.0111. The molecule has 0 heterocycles. The Labute approximate surface area is 126 Å². The van der Waals surface area contributed by atoms with Crippen LogP contribution in [0.25, 0.3) is 0 Å². The lowest BCUT2D eigenvalue weighted by Crippen LogP contribution is -2.28. The van der Waals surface area contributed by atoms with Crippen LogP contribution in [-0.2, 0) is 21.4 Å². The maximum atomic E-state index is 12.0. The molecule has 2 N–H and O–H groups in total. The molecular formula is C15H22N2O3S. The van der Waals surface area contributed by atoms with Crippen molar-refractivity contribution in [3.8, 4) is 0 Å². The van der Waals surface area contributed by atoms with Crippen LogP contribution in [0.3, 0.4) is 0 Å². The van der Waals surface area contributed by atoms with Gasteiger partial charge in [0.05, 0.1) is 4.90 Å². The number of carbonyl (C=O) groups is 1. The number of amides is 1. The third-order valence-corrected chi connectivity index (χ3v) is 5.20. The molecule has 1 aliphatic carbocycles. The molecule has 6 heteroatoms. The van der Waals surface area contributed by atoms with Gasteiger partial charge in [0.25, 0.3) is 0 Å². The molecule has 1 aliphatic rings. The summed E-state index contributed by atoms with van der Waals surface area (Å²) in [6.45, 7) is 4.27. The van der Waals surface area contributed by atoms with Gasteiger partial charge in [-0.1, -0.05) is 26.0 Å². The van der Waals surface area contributed by atoms with Crippen molar-refractivity contribution in [2.45, 2.75) is 50.6 Å². The molecular weight excluding hydrogens is 288 g/mol. The highest BCUT2D eigenvalue weighted by Gasteiger charge is 2.27. The van der Waals surface area contributed by atoms with E-state index in [0.717, 1.165) is 24.8 Å². The molecule has 1 fully saturated rings. The second-order valence-electron chi connectivity index (χ2n) is 5.57. The molecule has 0 saturated heterocycles. The molecule has 0 spiro atoms. The fraction of sp³-hybridized carbons (Fsp3) is 0.533. The van der Waals surface area contributed by atoms with E-state index in [1.165, 1.54) is 0 Å². The van der Waals surface area contributed by atoms with Crippen molar-refractivity contribution < 1.29 is 13.2 Å². The first kappa shape index (κ1) is 16.0. The lowest BCUT2D eigenvalue weighted by atomic mass is 10.1. The summed E-state index contributed by atoms with van der Waals surface area (Å²) in [4.78, 5) is 12.0. The number of hydrogen-bond acceptors (Lipinski definition) is 3. The molecule has 1 amide bonds. The van der Waals surface area contributed by atoms with Gasteiger partial charge < -0.3 is 5.32 Å². The zero-order valence-electron chi connectivity index (χ0n) is 12.4. The molecule has 0 bridgehead atoms. The fourth-order valence-corrected chi connectivity index (χ4v) is 3.13. The summed E-state index contributed by atoms with van der Waals surface area (Å²) in [7, 11) is -3.40. The van der Waals surface area contributed by atoms with E-state index in [9.17, 15) is 13.2 Å². The molecule has 21 heavy (non-hydrogen) atoms. The minimum atomic E-state index is -3.40. The van der Waals surface area contributed by atoms with Crippen molar-refractivity contribution in [2.24, 2.45) is 5.92 Å². The van der Waals surface area contributed by atoms with Crippen molar-refractivity contribution in [2.75, 3.05) is 0 Å². The Kier molecular flexibility index (Phi) is 5.00. The zero-order valence-corrected chi connectivity index (χ0v) is 13.2. The number of benzene rings is 1. The Balaban J connectivity index is 1.94. The standard InChI is InChI=1S/C15H22N2O3S/c1-3-11(2)15(18)16-10-12-4-8-14(9-5-12)21(19,20)17-13-6-7-13/h4-5,8-9,11,13,17H,3,6-7,10H2,1-2H3,(H,16,18)/t11-/m1/s1. The van der Waals surface area contributed by atoms with Crippen molar-refractivity contribution in [1.29, 1.82) is 0 Å². The monoisotopic (exact) mass is 310 g/mol. The van der Waals surface area contributed by atoms with E-state index in [-0.39, 0.29) is 22.8 Å². The van der Waals surface area contributed by atoms with Crippen LogP contribution in [0.1, 0.15) is 38.7 Å². The SMILES string of the molecule is CC[C@@H](C)C(=O)NCc1ccc(S(=O)(=O)NC2CC2)cc1. The smallest absolute Gasteiger partial charge is 0.240 e. The van der Waals surface area contributed by atoms with Gasteiger partial charge >= 0.3 is 0 Å². The van der Waals surface area contributed by atoms with Crippen LogP contribution >= 0.6 is 0 Å². The molecule has 5 nitrogen and oxygen atoms in total. The van der Waals surface area contributed by atoms with E-state index in [1.807, 2.05) is 13.8 Å². The normalized spacial score (nSPS) is 16.5. The lowest BCUT2D eigenvalue weighted by Gasteiger charge is -2.10. The van der Waals surface area contributed by atoms with Gasteiger partial charge in [0, 0.05) is 18.5 Å². The maximum absolute atomic E-state index is 12.0. The maximum Gasteiger partial charge on any atom is 0.240 e. The highest BCUT2D eigenvalue weighted by atomic mass is 32.2. The summed E-state index contributed by atoms with van der Waals surface area (Å²) >= 11 is 0. The van der Waals surface area contributed by atoms with Crippen LogP contribution in [0, 0.1) is 5.92 Å². The molecule has 1 aromatic carbocycles. The van der Waals surface area contributed by atoms with E-state index in [4.69, 9.17) is 0 Å². The first-order chi connectivity index (χ1) is 9.92. The van der Waals surface area contributed by atoms with Crippen LogP contribution in [0.15, 0.2) is 29.2 Å². The molecule has 0 radical (unpaired) electrons. The second kappa shape index (κ2) is 6.58. The molecule has 1 saturated carbocycles. The largest absolute Gasteiger partial charge is 0.352 e. The Bertz CT molecular complexity index is 592. The third kappa shape index (κ3) is 4.54. The second-order valence-corrected chi connectivity index (χ2v) is 7.28. The van der Waals surface area contributed by atoms with Gasteiger partial charge in [-0.2, -0.15) is 0 Å². The van der Waals surface area contributed by atoms with Crippen LogP contribution in [0.2, 0.25) is 0 Å². The van der Waals surface area contributed by atoms with Crippen molar-refractivity contribution in [3.63, 3.8) is 0 Å². The Morgan fingerprint density at radius 3 is 2.43 bits per heavy atom. The molecule has 2 rings (SSSR count). The molecule has 0 unspecified atom stereocenters. The fourth-order valence-electron chi connectivity index (χ4n) is 1.82. The van der Waals surface area contributed by atoms with Gasteiger partial charge in [-0.25, -0.2) is 13.1 Å². The lowest BCUT2D eigenvalue weighted by molar-refractivity contribution is -0.124. The van der Waals surface area contributed by atoms with E-state index in [1.54, 1.807) is 24.3 Å². The highest BCUT2D eigenvalue weighted by Crippen LogP contribution is 2.22. The molecule has 1 aromatic rings. The molecule has 0 aromatic heterocycles. The first-order valence-electron chi connectivity index (χ1n) is 7.31. The predicted octanol–water partition coefficient (Wildman–Crippen LogP) is 1.79. The van der Waals surface area contributed by atoms with Crippen LogP contribution in [-0.4, -0.2) is 20.4 Å². The quantitative estimate of drug-likeness (QED) is 0.806. The van der Waals surface area contributed by atoms with Gasteiger partial charge in [0.2, 0.25) is 15.9 Å². The number of rotatable bonds is 7. The van der Waals surface area contributed by atoms with Gasteiger partial charge in [-0.15, -0.1) is 0 Å². The van der Waals surface area contributed by atoms with Gasteiger partial charge in [-0.3, -0.25) is 4.79 Å². The van der Waals surface area contributed by atoms with Gasteiger partial charge in [0.1, 0.15) is 0 Å². The van der Waals surface area contributed by atoms with Crippen LogP contribution in [0.4, 0.5) is 0 Å². The average molecular weight is 310 g/mol. The van der Waals surface area contributed by atoms with E-state index < -0.39 is 10.0 Å². The van der Waals surface area contributed by atoms with E-state index in [2.05, 4.69) is 10.0 Å². The topological polar surface area (TPSA) is 75.3 Å². The van der Waals surface area contributed by atoms with Crippen LogP contribution < -0.4 is 10.0 Å². The molecule has 1 atom stereocenters. The van der Waals surface area contributed by atoms with Crippen molar-refractivity contribution in [1.82, 2.24) is 10.0 Å². The number of carbonyl (C=O) groups excluding carboxylic acids is 1. The zero-order chi connectivity index (χ0) is 15.5. The summed E-state index contributed by atoms with van der Waals surface area (Å²) in [6, 6.07) is 6.73. The highest BCUT2D eigenvalue weighted by molar-refractivity contribution is 7.89. The molecule has 116 valence electrons. The van der Waals surface area contributed by atoms with Gasteiger partial charge in [0.15, 0.2) is 0 Å². The minimum absolute atomic E-state index is 0.00704. The van der Waals surface area contributed by atoms with Crippen LogP contribution in [0.5, 0.6) is 0 Å². The summed E-state index contributed by atoms with van der Waals surface area (Å²) < 4.78 is 26.7. The number of hydrogen-bond donors (Lipinski definition) is 2. The summed E-state index contributed by atoms with van der Waals surface area (Å²) in [5, 5.41) is 2.85. The van der Waals surface area contributed by atoms with Gasteiger partial charge in [-0.05, 0) is 37.0 Å². The van der Waals surface area contributed by atoms with Crippen molar-refractivity contribution in [3.05, 3.63) is 29.8 Å². The first-order valence-corrected chi connectivity index (χ1v) is 8.79. The van der Waals surface area contributed by atoms with E-state index >= 15 is 0 Å². The number of nitrogens with one attached hydrogen (secondary N) is 2. The number of sulfonamides is 1. The average Bonchev–Trinajstić information content (AvgIpc) is 3.27. The minimum Gasteiger partial charge on any atom is -0.352 e. The summed E-state index contributed by atoms with van der Waals surface area (Å²) in [5.41, 5.74) is 0.886. The van der Waals surface area contributed by atoms with E-state index in [0.29, 0.717) is 6.54 Å². The van der Waals surface area contributed by atoms with Crippen molar-refractivity contribution >= 4 is 15.9 Å². The summed E-state index contributed by atoms with van der Waals surface area (Å²) in [6.07, 6.45) is 2.63. The third-order valence-electron chi connectivity index (χ3n) is 3.66.